The lowest BCUT2D eigenvalue weighted by Gasteiger charge is -2.34. The van der Waals surface area contributed by atoms with Crippen molar-refractivity contribution < 1.29 is 14.3 Å². The van der Waals surface area contributed by atoms with Gasteiger partial charge in [-0.1, -0.05) is 6.42 Å². The standard InChI is InChI=1S/C13H23NO3/c1-10(2)17-13(16)9-14-7-5-4-6-12(14)8-11(3)15/h10,12H,4-9H2,1-3H3. The molecule has 1 aliphatic rings. The van der Waals surface area contributed by atoms with Crippen LogP contribution in [-0.4, -0.2) is 41.9 Å². The molecule has 1 rings (SSSR count). The molecule has 0 aromatic carbocycles. The van der Waals surface area contributed by atoms with E-state index < -0.39 is 0 Å². The SMILES string of the molecule is CC(=O)CC1CCCCN1CC(=O)OC(C)C. The number of esters is 1. The Morgan fingerprint density at radius 1 is 1.35 bits per heavy atom. The van der Waals surface area contributed by atoms with Gasteiger partial charge in [-0.3, -0.25) is 14.5 Å². The summed E-state index contributed by atoms with van der Waals surface area (Å²) in [5, 5.41) is 0. The van der Waals surface area contributed by atoms with Crippen LogP contribution in [0, 0.1) is 0 Å². The lowest BCUT2D eigenvalue weighted by Crippen LogP contribution is -2.44. The number of likely N-dealkylation sites (tertiary alicyclic amines) is 1. The van der Waals surface area contributed by atoms with Gasteiger partial charge in [0.2, 0.25) is 0 Å². The van der Waals surface area contributed by atoms with Gasteiger partial charge in [0.15, 0.2) is 0 Å². The van der Waals surface area contributed by atoms with Gasteiger partial charge in [-0.2, -0.15) is 0 Å². The number of rotatable bonds is 5. The number of nitrogens with zero attached hydrogens (tertiary/aromatic N) is 1. The maximum atomic E-state index is 11.6. The lowest BCUT2D eigenvalue weighted by molar-refractivity contribution is -0.150. The van der Waals surface area contributed by atoms with Crippen molar-refractivity contribution in [2.75, 3.05) is 13.1 Å². The number of Topliss-reactive ketones (excluding diaryl/α,β-unsaturated/α-hetero) is 1. The van der Waals surface area contributed by atoms with Gasteiger partial charge in [-0.25, -0.2) is 0 Å². The van der Waals surface area contributed by atoms with Crippen LogP contribution in [0.3, 0.4) is 0 Å². The lowest BCUT2D eigenvalue weighted by atomic mass is 9.98. The topological polar surface area (TPSA) is 46.6 Å². The molecule has 0 bridgehead atoms. The fraction of sp³-hybridized carbons (Fsp3) is 0.846. The normalized spacial score (nSPS) is 21.5. The van der Waals surface area contributed by atoms with Crippen LogP contribution in [0.4, 0.5) is 0 Å². The molecule has 4 nitrogen and oxygen atoms in total. The van der Waals surface area contributed by atoms with Crippen molar-refractivity contribution in [3.05, 3.63) is 0 Å². The molecular weight excluding hydrogens is 218 g/mol. The molecule has 0 aromatic rings. The molecule has 0 spiro atoms. The Labute approximate surface area is 103 Å². The molecule has 0 aromatic heterocycles. The third-order valence-corrected chi connectivity index (χ3v) is 2.97. The average molecular weight is 241 g/mol. The molecule has 1 heterocycles. The van der Waals surface area contributed by atoms with Crippen LogP contribution in [0.1, 0.15) is 46.5 Å². The van der Waals surface area contributed by atoms with Crippen LogP contribution in [0.15, 0.2) is 0 Å². The first kappa shape index (κ1) is 14.2. The Kier molecular flexibility index (Phi) is 5.62. The zero-order valence-electron chi connectivity index (χ0n) is 11.1. The third-order valence-electron chi connectivity index (χ3n) is 2.97. The van der Waals surface area contributed by atoms with Crippen molar-refractivity contribution in [2.24, 2.45) is 0 Å². The second-order valence-electron chi connectivity index (χ2n) is 5.06. The molecule has 0 amide bonds. The molecule has 1 saturated heterocycles. The van der Waals surface area contributed by atoms with Gasteiger partial charge < -0.3 is 4.74 Å². The van der Waals surface area contributed by atoms with E-state index >= 15 is 0 Å². The zero-order valence-corrected chi connectivity index (χ0v) is 11.1. The molecule has 1 aliphatic heterocycles. The second-order valence-corrected chi connectivity index (χ2v) is 5.06. The minimum Gasteiger partial charge on any atom is -0.462 e. The Morgan fingerprint density at radius 2 is 2.06 bits per heavy atom. The van der Waals surface area contributed by atoms with Crippen molar-refractivity contribution in [1.29, 1.82) is 0 Å². The Hall–Kier alpha value is -0.900. The van der Waals surface area contributed by atoms with Gasteiger partial charge in [0.05, 0.1) is 12.6 Å². The van der Waals surface area contributed by atoms with Gasteiger partial charge in [-0.05, 0) is 40.2 Å². The highest BCUT2D eigenvalue weighted by molar-refractivity contribution is 5.76. The van der Waals surface area contributed by atoms with Crippen molar-refractivity contribution in [1.82, 2.24) is 4.90 Å². The minimum absolute atomic E-state index is 0.0708. The number of hydrogen-bond acceptors (Lipinski definition) is 4. The molecule has 1 atom stereocenters. The molecule has 0 saturated carbocycles. The highest BCUT2D eigenvalue weighted by Crippen LogP contribution is 2.19. The van der Waals surface area contributed by atoms with Crippen molar-refractivity contribution in [3.8, 4) is 0 Å². The smallest absolute Gasteiger partial charge is 0.320 e. The van der Waals surface area contributed by atoms with E-state index in [1.54, 1.807) is 6.92 Å². The predicted molar refractivity (Wildman–Crippen MR) is 65.7 cm³/mol. The van der Waals surface area contributed by atoms with Crippen LogP contribution < -0.4 is 0 Å². The predicted octanol–water partition coefficient (Wildman–Crippen LogP) is 1.77. The summed E-state index contributed by atoms with van der Waals surface area (Å²) in [6.07, 6.45) is 3.74. The van der Waals surface area contributed by atoms with Crippen LogP contribution in [-0.2, 0) is 14.3 Å². The molecule has 98 valence electrons. The highest BCUT2D eigenvalue weighted by Gasteiger charge is 2.25. The molecule has 1 fully saturated rings. The summed E-state index contributed by atoms with van der Waals surface area (Å²) in [5.74, 6) is 0.00887. The first-order chi connectivity index (χ1) is 7.99. The quantitative estimate of drug-likeness (QED) is 0.688. The summed E-state index contributed by atoms with van der Waals surface area (Å²) in [4.78, 5) is 24.9. The van der Waals surface area contributed by atoms with Gasteiger partial charge in [0, 0.05) is 12.5 Å². The van der Waals surface area contributed by atoms with Crippen LogP contribution in [0.25, 0.3) is 0 Å². The summed E-state index contributed by atoms with van der Waals surface area (Å²) in [6.45, 7) is 6.52. The Bertz CT molecular complexity index is 276. The van der Waals surface area contributed by atoms with E-state index in [0.29, 0.717) is 13.0 Å². The zero-order chi connectivity index (χ0) is 12.8. The number of piperidine rings is 1. The van der Waals surface area contributed by atoms with E-state index in [-0.39, 0.29) is 23.9 Å². The Morgan fingerprint density at radius 3 is 2.65 bits per heavy atom. The summed E-state index contributed by atoms with van der Waals surface area (Å²) in [7, 11) is 0. The van der Waals surface area contributed by atoms with Crippen LogP contribution >= 0.6 is 0 Å². The second kappa shape index (κ2) is 6.74. The molecule has 17 heavy (non-hydrogen) atoms. The molecule has 0 radical (unpaired) electrons. The maximum Gasteiger partial charge on any atom is 0.320 e. The first-order valence-corrected chi connectivity index (χ1v) is 6.42. The summed E-state index contributed by atoms with van der Waals surface area (Å²) >= 11 is 0. The molecule has 0 N–H and O–H groups in total. The van der Waals surface area contributed by atoms with Crippen molar-refractivity contribution >= 4 is 11.8 Å². The van der Waals surface area contributed by atoms with Gasteiger partial charge in [0.25, 0.3) is 0 Å². The average Bonchev–Trinajstić information content (AvgIpc) is 2.18. The van der Waals surface area contributed by atoms with E-state index in [2.05, 4.69) is 4.90 Å². The van der Waals surface area contributed by atoms with E-state index in [1.165, 1.54) is 0 Å². The van der Waals surface area contributed by atoms with E-state index in [1.807, 2.05) is 13.8 Å². The fourth-order valence-electron chi connectivity index (χ4n) is 2.30. The van der Waals surface area contributed by atoms with Crippen molar-refractivity contribution in [3.63, 3.8) is 0 Å². The molecule has 1 unspecified atom stereocenters. The Balaban J connectivity index is 2.47. The van der Waals surface area contributed by atoms with E-state index in [4.69, 9.17) is 4.74 Å². The summed E-state index contributed by atoms with van der Waals surface area (Å²) < 4.78 is 5.14. The summed E-state index contributed by atoms with van der Waals surface area (Å²) in [5.41, 5.74) is 0. The number of ether oxygens (including phenoxy) is 1. The third kappa shape index (κ3) is 5.31. The molecular formula is C13H23NO3. The number of ketones is 1. The van der Waals surface area contributed by atoms with Gasteiger partial charge >= 0.3 is 5.97 Å². The fourth-order valence-corrected chi connectivity index (χ4v) is 2.30. The monoisotopic (exact) mass is 241 g/mol. The largest absolute Gasteiger partial charge is 0.462 e. The molecule has 4 heteroatoms. The van der Waals surface area contributed by atoms with E-state index in [0.717, 1.165) is 25.8 Å². The van der Waals surface area contributed by atoms with Gasteiger partial charge in [-0.15, -0.1) is 0 Å². The van der Waals surface area contributed by atoms with Crippen LogP contribution in [0.5, 0.6) is 0 Å². The van der Waals surface area contributed by atoms with Gasteiger partial charge in [0.1, 0.15) is 5.78 Å². The summed E-state index contributed by atoms with van der Waals surface area (Å²) in [6, 6.07) is 0.223. The first-order valence-electron chi connectivity index (χ1n) is 6.42. The van der Waals surface area contributed by atoms with E-state index in [9.17, 15) is 9.59 Å². The minimum atomic E-state index is -0.185. The maximum absolute atomic E-state index is 11.6. The number of hydrogen-bond donors (Lipinski definition) is 0. The highest BCUT2D eigenvalue weighted by atomic mass is 16.5. The number of carbonyl (C=O) groups excluding carboxylic acids is 2. The van der Waals surface area contributed by atoms with Crippen LogP contribution in [0.2, 0.25) is 0 Å². The molecule has 0 aliphatic carbocycles. The number of carbonyl (C=O) groups is 2. The van der Waals surface area contributed by atoms with Crippen molar-refractivity contribution in [2.45, 2.75) is 58.6 Å².